The van der Waals surface area contributed by atoms with Gasteiger partial charge in [0.1, 0.15) is 31.0 Å². The van der Waals surface area contributed by atoms with E-state index in [0.717, 1.165) is 31.9 Å². The summed E-state index contributed by atoms with van der Waals surface area (Å²) in [6.07, 6.45) is 2.90. The third kappa shape index (κ3) is 5.25. The highest BCUT2D eigenvalue weighted by Crippen LogP contribution is 2.42. The van der Waals surface area contributed by atoms with Crippen LogP contribution in [0.1, 0.15) is 49.4 Å². The number of ketones is 1. The summed E-state index contributed by atoms with van der Waals surface area (Å²) in [5.41, 5.74) is 0.403. The van der Waals surface area contributed by atoms with Crippen LogP contribution in [0.4, 0.5) is 10.1 Å². The van der Waals surface area contributed by atoms with Gasteiger partial charge in [0.05, 0.1) is 12.8 Å². The summed E-state index contributed by atoms with van der Waals surface area (Å²) in [6, 6.07) is 3.94. The SMILES string of the molecule is CC1(CC(NC(=O)c2ccc(NS(C)(=O)=O)cc2)C(=O)N2C[C@H](F)[C@H]3OCC(=O)[C@H]32)CCCC1. The van der Waals surface area contributed by atoms with E-state index in [-0.39, 0.29) is 29.9 Å². The standard InChI is InChI=1S/C23H30FN3O6S/c1-23(9-3-4-10-23)11-17(22(30)27-12-16(24)20-19(27)18(28)13-33-20)25-21(29)14-5-7-15(8-6-14)26-34(2,31)32/h5-8,16-17,19-20,26H,3-4,9-13H2,1-2H3,(H,25,29)/t16-,17?,19+,20+/m0/s1. The minimum atomic E-state index is -3.46. The molecule has 0 bridgehead atoms. The number of halogens is 1. The van der Waals surface area contributed by atoms with Crippen LogP contribution in [-0.4, -0.2) is 74.7 Å². The van der Waals surface area contributed by atoms with Crippen molar-refractivity contribution in [3.8, 4) is 0 Å². The number of fused-ring (bicyclic) bond motifs is 1. The number of carbonyl (C=O) groups excluding carboxylic acids is 3. The maximum absolute atomic E-state index is 14.5. The average Bonchev–Trinajstić information content (AvgIpc) is 3.44. The fourth-order valence-corrected chi connectivity index (χ4v) is 5.86. The van der Waals surface area contributed by atoms with Crippen molar-refractivity contribution in [3.63, 3.8) is 0 Å². The van der Waals surface area contributed by atoms with Gasteiger partial charge in [-0.1, -0.05) is 19.8 Å². The third-order valence-corrected chi connectivity index (χ3v) is 7.57. The van der Waals surface area contributed by atoms with Gasteiger partial charge in [0.25, 0.3) is 5.91 Å². The van der Waals surface area contributed by atoms with Crippen LogP contribution in [0.25, 0.3) is 0 Å². The molecule has 0 radical (unpaired) electrons. The molecule has 4 rings (SSSR count). The second-order valence-corrected chi connectivity index (χ2v) is 11.6. The van der Waals surface area contributed by atoms with Gasteiger partial charge in [0, 0.05) is 11.3 Å². The average molecular weight is 496 g/mol. The lowest BCUT2D eigenvalue weighted by molar-refractivity contribution is -0.138. The molecule has 0 aromatic heterocycles. The molecule has 1 aliphatic carbocycles. The maximum Gasteiger partial charge on any atom is 0.251 e. The minimum Gasteiger partial charge on any atom is -0.365 e. The van der Waals surface area contributed by atoms with Gasteiger partial charge in [0.2, 0.25) is 15.9 Å². The van der Waals surface area contributed by atoms with Crippen molar-refractivity contribution >= 4 is 33.3 Å². The Morgan fingerprint density at radius 1 is 1.24 bits per heavy atom. The molecule has 2 heterocycles. The van der Waals surface area contributed by atoms with Gasteiger partial charge < -0.3 is 15.0 Å². The van der Waals surface area contributed by atoms with E-state index in [1.165, 1.54) is 29.2 Å². The Morgan fingerprint density at radius 2 is 1.88 bits per heavy atom. The molecule has 34 heavy (non-hydrogen) atoms. The topological polar surface area (TPSA) is 122 Å². The highest BCUT2D eigenvalue weighted by atomic mass is 32.2. The van der Waals surface area contributed by atoms with Crippen LogP contribution in [0.15, 0.2) is 24.3 Å². The number of hydrogen-bond acceptors (Lipinski definition) is 6. The smallest absolute Gasteiger partial charge is 0.251 e. The number of ether oxygens (including phenoxy) is 1. The zero-order valence-electron chi connectivity index (χ0n) is 19.3. The number of nitrogens with one attached hydrogen (secondary N) is 2. The number of likely N-dealkylation sites (tertiary alicyclic amines) is 1. The molecule has 1 aromatic rings. The first kappa shape index (κ1) is 24.6. The van der Waals surface area contributed by atoms with E-state index in [4.69, 9.17) is 4.74 Å². The van der Waals surface area contributed by atoms with Crippen LogP contribution in [0.5, 0.6) is 0 Å². The highest BCUT2D eigenvalue weighted by molar-refractivity contribution is 7.92. The molecule has 2 aliphatic heterocycles. The Balaban J connectivity index is 1.53. The summed E-state index contributed by atoms with van der Waals surface area (Å²) >= 11 is 0. The van der Waals surface area contributed by atoms with Crippen LogP contribution < -0.4 is 10.0 Å². The van der Waals surface area contributed by atoms with Crippen LogP contribution in [0, 0.1) is 5.41 Å². The first-order valence-corrected chi connectivity index (χ1v) is 13.3. The van der Waals surface area contributed by atoms with Gasteiger partial charge in [-0.2, -0.15) is 0 Å². The number of nitrogens with zero attached hydrogens (tertiary/aromatic N) is 1. The molecule has 186 valence electrons. The van der Waals surface area contributed by atoms with Gasteiger partial charge in [-0.25, -0.2) is 12.8 Å². The van der Waals surface area contributed by atoms with Gasteiger partial charge in [-0.05, 0) is 48.9 Å². The number of hydrogen-bond donors (Lipinski definition) is 2. The Hall–Kier alpha value is -2.53. The van der Waals surface area contributed by atoms with Crippen molar-refractivity contribution in [2.75, 3.05) is 24.1 Å². The van der Waals surface area contributed by atoms with Crippen molar-refractivity contribution in [1.82, 2.24) is 10.2 Å². The van der Waals surface area contributed by atoms with E-state index in [0.29, 0.717) is 12.1 Å². The Kier molecular flexibility index (Phi) is 6.69. The molecule has 0 spiro atoms. The molecule has 1 unspecified atom stereocenters. The van der Waals surface area contributed by atoms with E-state index in [1.807, 2.05) is 0 Å². The Morgan fingerprint density at radius 3 is 2.50 bits per heavy atom. The summed E-state index contributed by atoms with van der Waals surface area (Å²) in [7, 11) is -3.46. The lowest BCUT2D eigenvalue weighted by atomic mass is 9.81. The molecule has 3 fully saturated rings. The van der Waals surface area contributed by atoms with E-state index < -0.39 is 46.2 Å². The quantitative estimate of drug-likeness (QED) is 0.593. The predicted molar refractivity (Wildman–Crippen MR) is 122 cm³/mol. The van der Waals surface area contributed by atoms with Crippen LogP contribution >= 0.6 is 0 Å². The van der Waals surface area contributed by atoms with Gasteiger partial charge in [-0.15, -0.1) is 0 Å². The highest BCUT2D eigenvalue weighted by Gasteiger charge is 2.54. The summed E-state index contributed by atoms with van der Waals surface area (Å²) < 4.78 is 44.9. The van der Waals surface area contributed by atoms with Gasteiger partial charge >= 0.3 is 0 Å². The maximum atomic E-state index is 14.5. The molecule has 2 amide bonds. The first-order chi connectivity index (χ1) is 16.0. The normalized spacial score (nSPS) is 26.9. The lowest BCUT2D eigenvalue weighted by Gasteiger charge is -2.32. The molecule has 3 aliphatic rings. The summed E-state index contributed by atoms with van der Waals surface area (Å²) in [6.45, 7) is 1.61. The van der Waals surface area contributed by atoms with E-state index >= 15 is 0 Å². The molecule has 1 aromatic carbocycles. The number of amides is 2. The Bertz CT molecular complexity index is 1070. The first-order valence-electron chi connectivity index (χ1n) is 11.4. The molecule has 9 nitrogen and oxygen atoms in total. The van der Waals surface area contributed by atoms with E-state index in [2.05, 4.69) is 17.0 Å². The van der Waals surface area contributed by atoms with Gasteiger partial charge in [0.15, 0.2) is 5.78 Å². The van der Waals surface area contributed by atoms with Crippen molar-refractivity contribution in [2.24, 2.45) is 5.41 Å². The van der Waals surface area contributed by atoms with Crippen LogP contribution in [-0.2, 0) is 24.3 Å². The van der Waals surface area contributed by atoms with Crippen molar-refractivity contribution in [2.45, 2.75) is 63.4 Å². The van der Waals surface area contributed by atoms with Crippen molar-refractivity contribution in [3.05, 3.63) is 29.8 Å². The second kappa shape index (κ2) is 9.26. The van der Waals surface area contributed by atoms with E-state index in [9.17, 15) is 27.2 Å². The predicted octanol–water partition coefficient (Wildman–Crippen LogP) is 1.64. The largest absolute Gasteiger partial charge is 0.365 e. The molecule has 11 heteroatoms. The number of anilines is 1. The van der Waals surface area contributed by atoms with Gasteiger partial charge in [-0.3, -0.25) is 19.1 Å². The van der Waals surface area contributed by atoms with Crippen LogP contribution in [0.3, 0.4) is 0 Å². The minimum absolute atomic E-state index is 0.151. The summed E-state index contributed by atoms with van der Waals surface area (Å²) in [4.78, 5) is 40.1. The molecule has 4 atom stereocenters. The summed E-state index contributed by atoms with van der Waals surface area (Å²) in [5, 5.41) is 2.80. The number of benzene rings is 1. The van der Waals surface area contributed by atoms with E-state index in [1.54, 1.807) is 0 Å². The van der Waals surface area contributed by atoms with Crippen LogP contribution in [0.2, 0.25) is 0 Å². The summed E-state index contributed by atoms with van der Waals surface area (Å²) in [5.74, 6) is -1.32. The lowest BCUT2D eigenvalue weighted by Crippen LogP contribution is -2.53. The molecule has 1 saturated carbocycles. The number of sulfonamides is 1. The molecular weight excluding hydrogens is 465 g/mol. The number of carbonyl (C=O) groups is 3. The fraction of sp³-hybridized carbons (Fsp3) is 0.609. The van der Waals surface area contributed by atoms with Crippen molar-refractivity contribution in [1.29, 1.82) is 0 Å². The zero-order chi connectivity index (χ0) is 24.7. The zero-order valence-corrected chi connectivity index (χ0v) is 20.1. The monoisotopic (exact) mass is 495 g/mol. The number of Topliss-reactive ketones (excluding diaryl/α,β-unsaturated/α-hetero) is 1. The fourth-order valence-electron chi connectivity index (χ4n) is 5.29. The van der Waals surface area contributed by atoms with Crippen molar-refractivity contribution < 1.29 is 31.9 Å². The third-order valence-electron chi connectivity index (χ3n) is 6.97. The Labute approximate surface area is 198 Å². The molecular formula is C23H30FN3O6S. The molecule has 2 saturated heterocycles. The number of rotatable bonds is 7. The number of alkyl halides is 1. The molecule has 2 N–H and O–H groups in total. The second-order valence-electron chi connectivity index (χ2n) is 9.89.